The second-order valence-corrected chi connectivity index (χ2v) is 9.11. The van der Waals surface area contributed by atoms with Crippen molar-refractivity contribution in [1.29, 1.82) is 0 Å². The number of nitrogens with one attached hydrogen (secondary N) is 3. The summed E-state index contributed by atoms with van der Waals surface area (Å²) in [5.74, 6) is 0.483. The number of aromatic amines is 1. The number of fused-ring (bicyclic) bond motifs is 1. The lowest BCUT2D eigenvalue weighted by atomic mass is 10.1. The molecule has 0 spiro atoms. The van der Waals surface area contributed by atoms with Crippen LogP contribution in [0.3, 0.4) is 0 Å². The Balaban J connectivity index is 1.52. The summed E-state index contributed by atoms with van der Waals surface area (Å²) in [5, 5.41) is 7.06. The second kappa shape index (κ2) is 11.2. The number of H-pyrrole nitrogens is 1. The minimum absolute atomic E-state index is 0.0339. The van der Waals surface area contributed by atoms with E-state index in [1.54, 1.807) is 25.0 Å². The number of thiazole rings is 1. The number of pyridine rings is 1. The molecule has 4 rings (SSSR count). The summed E-state index contributed by atoms with van der Waals surface area (Å²) >= 11 is 7.75. The molecule has 0 radical (unpaired) electrons. The van der Waals surface area contributed by atoms with Crippen LogP contribution in [0.2, 0.25) is 5.15 Å². The van der Waals surface area contributed by atoms with Crippen molar-refractivity contribution in [3.8, 4) is 11.3 Å². The Bertz CT molecular complexity index is 1270. The number of halogens is 1. The summed E-state index contributed by atoms with van der Waals surface area (Å²) in [6.07, 6.45) is 6.92. The van der Waals surface area contributed by atoms with E-state index in [0.29, 0.717) is 28.7 Å². The molecule has 1 aromatic carbocycles. The Morgan fingerprint density at radius 3 is 2.82 bits per heavy atom. The van der Waals surface area contributed by atoms with Crippen molar-refractivity contribution in [3.63, 3.8) is 0 Å². The third kappa shape index (κ3) is 5.78. The Morgan fingerprint density at radius 2 is 2.03 bits per heavy atom. The van der Waals surface area contributed by atoms with Gasteiger partial charge in [-0.25, -0.2) is 9.97 Å². The Labute approximate surface area is 206 Å². The minimum atomic E-state index is -0.324. The number of imidazole rings is 1. The fourth-order valence-electron chi connectivity index (χ4n) is 3.70. The number of benzene rings is 1. The van der Waals surface area contributed by atoms with E-state index in [0.717, 1.165) is 41.4 Å². The monoisotopic (exact) mass is 496 g/mol. The van der Waals surface area contributed by atoms with Crippen LogP contribution in [0.5, 0.6) is 0 Å². The predicted molar refractivity (Wildman–Crippen MR) is 134 cm³/mol. The molecule has 3 heterocycles. The Kier molecular flexibility index (Phi) is 7.87. The zero-order chi connectivity index (χ0) is 23.9. The van der Waals surface area contributed by atoms with Crippen molar-refractivity contribution in [2.45, 2.75) is 38.1 Å². The lowest BCUT2D eigenvalue weighted by Crippen LogP contribution is -2.28. The van der Waals surface area contributed by atoms with E-state index in [4.69, 9.17) is 11.6 Å². The number of hydrogen-bond acceptors (Lipinski definition) is 6. The van der Waals surface area contributed by atoms with Gasteiger partial charge in [-0.3, -0.25) is 14.6 Å². The van der Waals surface area contributed by atoms with Gasteiger partial charge in [-0.15, -0.1) is 11.3 Å². The molecule has 34 heavy (non-hydrogen) atoms. The highest BCUT2D eigenvalue weighted by Crippen LogP contribution is 2.30. The van der Waals surface area contributed by atoms with Crippen LogP contribution in [0.4, 0.5) is 0 Å². The zero-order valence-electron chi connectivity index (χ0n) is 18.7. The van der Waals surface area contributed by atoms with Crippen LogP contribution in [0.1, 0.15) is 53.6 Å². The maximum Gasteiger partial charge on any atom is 0.263 e. The summed E-state index contributed by atoms with van der Waals surface area (Å²) in [6.45, 7) is 0. The number of carbonyl (C=O) groups is 2. The molecule has 176 valence electrons. The highest BCUT2D eigenvalue weighted by Gasteiger charge is 2.20. The van der Waals surface area contributed by atoms with Gasteiger partial charge in [0.2, 0.25) is 5.91 Å². The van der Waals surface area contributed by atoms with Gasteiger partial charge in [-0.2, -0.15) is 0 Å². The molecule has 3 N–H and O–H groups in total. The number of unbranched alkanes of at least 4 members (excludes halogenated alkanes) is 2. The van der Waals surface area contributed by atoms with E-state index < -0.39 is 0 Å². The Hall–Kier alpha value is -3.30. The molecule has 0 saturated carbocycles. The molecule has 1 unspecified atom stereocenters. The molecule has 0 aliphatic heterocycles. The first-order valence-electron chi connectivity index (χ1n) is 11.1. The summed E-state index contributed by atoms with van der Waals surface area (Å²) in [7, 11) is 1.64. The summed E-state index contributed by atoms with van der Waals surface area (Å²) < 4.78 is 0. The third-order valence-corrected chi connectivity index (χ3v) is 6.59. The molecule has 0 aliphatic carbocycles. The highest BCUT2D eigenvalue weighted by molar-refractivity contribution is 7.11. The van der Waals surface area contributed by atoms with E-state index in [1.165, 1.54) is 11.3 Å². The quantitative estimate of drug-likeness (QED) is 0.213. The van der Waals surface area contributed by atoms with Crippen LogP contribution in [0, 0.1) is 0 Å². The largest absolute Gasteiger partial charge is 0.359 e. The topological polar surface area (TPSA) is 113 Å². The lowest BCUT2D eigenvalue weighted by molar-refractivity contribution is -0.120. The van der Waals surface area contributed by atoms with E-state index in [-0.39, 0.29) is 17.9 Å². The number of aromatic nitrogens is 4. The number of rotatable bonds is 10. The van der Waals surface area contributed by atoms with Crippen LogP contribution in [0.25, 0.3) is 22.2 Å². The fraction of sp³-hybridized carbons (Fsp3) is 0.292. The van der Waals surface area contributed by atoms with Gasteiger partial charge >= 0.3 is 0 Å². The van der Waals surface area contributed by atoms with Gasteiger partial charge < -0.3 is 15.6 Å². The number of para-hydroxylation sites is 1. The van der Waals surface area contributed by atoms with Crippen molar-refractivity contribution < 1.29 is 9.59 Å². The SMILES string of the molecule is CNC(=O)CCCCCC(NC(=O)c1cncs1)c1ncc(-c2cc3ccccc3nc2Cl)[nH]1. The average molecular weight is 497 g/mol. The van der Waals surface area contributed by atoms with Crippen LogP contribution >= 0.6 is 22.9 Å². The lowest BCUT2D eigenvalue weighted by Gasteiger charge is -2.16. The molecule has 0 fully saturated rings. The third-order valence-electron chi connectivity index (χ3n) is 5.53. The summed E-state index contributed by atoms with van der Waals surface area (Å²) in [5.41, 5.74) is 3.93. The minimum Gasteiger partial charge on any atom is -0.359 e. The highest BCUT2D eigenvalue weighted by atomic mass is 35.5. The van der Waals surface area contributed by atoms with Crippen molar-refractivity contribution in [3.05, 3.63) is 64.1 Å². The summed E-state index contributed by atoms with van der Waals surface area (Å²) in [6, 6.07) is 9.43. The maximum absolute atomic E-state index is 12.7. The molecule has 2 amide bonds. The standard InChI is InChI=1S/C24H25ClN6O2S/c1-26-21(32)10-4-2-3-9-18(31-24(33)20-13-27-14-34-20)23-28-12-19(30-23)16-11-15-7-5-6-8-17(15)29-22(16)25/h5-8,11-14,18H,2-4,9-10H2,1H3,(H,26,32)(H,28,30)(H,31,33). The molecule has 10 heteroatoms. The van der Waals surface area contributed by atoms with Crippen molar-refractivity contribution in [1.82, 2.24) is 30.6 Å². The second-order valence-electron chi connectivity index (χ2n) is 7.87. The van der Waals surface area contributed by atoms with E-state index in [2.05, 4.69) is 30.6 Å². The van der Waals surface area contributed by atoms with E-state index in [9.17, 15) is 9.59 Å². The fourth-order valence-corrected chi connectivity index (χ4v) is 4.47. The first kappa shape index (κ1) is 23.8. The number of nitrogens with zero attached hydrogens (tertiary/aromatic N) is 3. The molecule has 0 aliphatic rings. The molecule has 3 aromatic heterocycles. The Morgan fingerprint density at radius 1 is 1.18 bits per heavy atom. The van der Waals surface area contributed by atoms with Gasteiger partial charge in [-0.1, -0.05) is 42.6 Å². The molecule has 0 saturated heterocycles. The van der Waals surface area contributed by atoms with E-state index in [1.807, 2.05) is 30.3 Å². The molecule has 8 nitrogen and oxygen atoms in total. The van der Waals surface area contributed by atoms with Crippen molar-refractivity contribution >= 4 is 45.7 Å². The van der Waals surface area contributed by atoms with Crippen molar-refractivity contribution in [2.75, 3.05) is 7.05 Å². The molecule has 0 bridgehead atoms. The van der Waals surface area contributed by atoms with E-state index >= 15 is 0 Å². The van der Waals surface area contributed by atoms with Gasteiger partial charge in [0.05, 0.1) is 35.2 Å². The van der Waals surface area contributed by atoms with Crippen LogP contribution in [-0.2, 0) is 4.79 Å². The molecule has 4 aromatic rings. The first-order valence-corrected chi connectivity index (χ1v) is 12.3. The maximum atomic E-state index is 12.7. The normalized spacial score (nSPS) is 11.9. The number of carbonyl (C=O) groups excluding carboxylic acids is 2. The van der Waals surface area contributed by atoms with Gasteiger partial charge in [0.1, 0.15) is 15.9 Å². The molecular formula is C24H25ClN6O2S. The van der Waals surface area contributed by atoms with Crippen LogP contribution in [-0.4, -0.2) is 38.8 Å². The van der Waals surface area contributed by atoms with Gasteiger partial charge in [-0.05, 0) is 25.0 Å². The summed E-state index contributed by atoms with van der Waals surface area (Å²) in [4.78, 5) is 41.1. The number of amides is 2. The average Bonchev–Trinajstić information content (AvgIpc) is 3.55. The van der Waals surface area contributed by atoms with Gasteiger partial charge in [0.25, 0.3) is 5.91 Å². The zero-order valence-corrected chi connectivity index (χ0v) is 20.2. The van der Waals surface area contributed by atoms with Crippen LogP contribution in [0.15, 0.2) is 48.2 Å². The molecule has 1 atom stereocenters. The van der Waals surface area contributed by atoms with Gasteiger partial charge in [0, 0.05) is 24.4 Å². The smallest absolute Gasteiger partial charge is 0.263 e. The van der Waals surface area contributed by atoms with Crippen molar-refractivity contribution in [2.24, 2.45) is 0 Å². The molecular weight excluding hydrogens is 472 g/mol. The number of hydrogen-bond donors (Lipinski definition) is 3. The van der Waals surface area contributed by atoms with Crippen LogP contribution < -0.4 is 10.6 Å². The van der Waals surface area contributed by atoms with Gasteiger partial charge in [0.15, 0.2) is 0 Å². The predicted octanol–water partition coefficient (Wildman–Crippen LogP) is 4.90. The first-order chi connectivity index (χ1) is 16.5.